The number of methoxy groups -OCH3 is 1. The summed E-state index contributed by atoms with van der Waals surface area (Å²) in [5.41, 5.74) is 1.75. The highest BCUT2D eigenvalue weighted by Crippen LogP contribution is 2.49. The summed E-state index contributed by atoms with van der Waals surface area (Å²) in [6, 6.07) is 12.4. The first kappa shape index (κ1) is 27.8. The number of rotatable bonds is 12. The van der Waals surface area contributed by atoms with Crippen LogP contribution < -0.4 is 14.2 Å². The van der Waals surface area contributed by atoms with E-state index in [1.165, 1.54) is 0 Å². The Morgan fingerprint density at radius 1 is 1.00 bits per heavy atom. The van der Waals surface area contributed by atoms with Crippen LogP contribution in [0.25, 0.3) is 0 Å². The number of aliphatic carboxylic acids is 1. The molecule has 38 heavy (non-hydrogen) atoms. The number of carbonyl (C=O) groups excluding carboxylic acids is 1. The van der Waals surface area contributed by atoms with Crippen molar-refractivity contribution in [1.82, 2.24) is 9.80 Å². The van der Waals surface area contributed by atoms with E-state index in [1.54, 1.807) is 7.11 Å². The number of likely N-dealkylation sites (tertiary alicyclic amines) is 1. The lowest BCUT2D eigenvalue weighted by Crippen LogP contribution is -2.49. The Morgan fingerprint density at radius 3 is 2.26 bits per heavy atom. The van der Waals surface area contributed by atoms with Crippen molar-refractivity contribution in [2.24, 2.45) is 5.92 Å². The monoisotopic (exact) mass is 524 g/mol. The molecule has 1 saturated heterocycles. The fourth-order valence-corrected chi connectivity index (χ4v) is 5.95. The van der Waals surface area contributed by atoms with Crippen LogP contribution in [0.2, 0.25) is 0 Å². The summed E-state index contributed by atoms with van der Waals surface area (Å²) in [5, 5.41) is 10.6. The molecule has 2 aliphatic rings. The van der Waals surface area contributed by atoms with Gasteiger partial charge < -0.3 is 24.2 Å². The number of ether oxygens (including phenoxy) is 3. The summed E-state index contributed by atoms with van der Waals surface area (Å²) in [5.74, 6) is 0.132. The topological polar surface area (TPSA) is 88.5 Å². The number of amides is 1. The van der Waals surface area contributed by atoms with Crippen molar-refractivity contribution in [3.05, 3.63) is 53.6 Å². The Balaban J connectivity index is 1.80. The summed E-state index contributed by atoms with van der Waals surface area (Å²) < 4.78 is 16.5. The standard InChI is InChI=1S/C30H40N2O6/c1-5-8-24(29(33)31(15-6-2)16-7-3)32-18-23(21-11-14-25-26(17-21)38-19-37-25)27(30(34)35)28(32)20-9-12-22(36-4)13-10-20/h9-14,17,23-24,27-28H,5-8,15-16,18-19H2,1-4H3,(H,34,35)/t23-,24+,27-,28+/m0/s1. The van der Waals surface area contributed by atoms with Gasteiger partial charge >= 0.3 is 5.97 Å². The van der Waals surface area contributed by atoms with Gasteiger partial charge in [-0.2, -0.15) is 0 Å². The van der Waals surface area contributed by atoms with E-state index in [-0.39, 0.29) is 18.6 Å². The van der Waals surface area contributed by atoms with E-state index in [2.05, 4.69) is 25.7 Å². The van der Waals surface area contributed by atoms with Crippen LogP contribution in [0.3, 0.4) is 0 Å². The first-order valence-electron chi connectivity index (χ1n) is 13.7. The molecule has 1 N–H and O–H groups in total. The van der Waals surface area contributed by atoms with Crippen LogP contribution in [0.15, 0.2) is 42.5 Å². The van der Waals surface area contributed by atoms with Gasteiger partial charge in [-0.15, -0.1) is 0 Å². The van der Waals surface area contributed by atoms with Crippen LogP contribution in [-0.2, 0) is 9.59 Å². The van der Waals surface area contributed by atoms with Gasteiger partial charge in [0.1, 0.15) is 5.75 Å². The zero-order valence-electron chi connectivity index (χ0n) is 22.9. The maximum atomic E-state index is 14.0. The third-order valence-electron chi connectivity index (χ3n) is 7.65. The van der Waals surface area contributed by atoms with Gasteiger partial charge in [0.2, 0.25) is 12.7 Å². The molecule has 2 aliphatic heterocycles. The molecule has 4 rings (SSSR count). The number of carboxylic acids is 1. The molecule has 0 radical (unpaired) electrons. The summed E-state index contributed by atoms with van der Waals surface area (Å²) in [7, 11) is 1.61. The highest BCUT2D eigenvalue weighted by molar-refractivity contribution is 5.82. The maximum absolute atomic E-state index is 14.0. The maximum Gasteiger partial charge on any atom is 0.309 e. The Kier molecular flexibility index (Phi) is 9.15. The van der Waals surface area contributed by atoms with E-state index in [0.717, 1.165) is 30.4 Å². The molecule has 2 heterocycles. The van der Waals surface area contributed by atoms with Crippen molar-refractivity contribution < 1.29 is 28.9 Å². The second-order valence-electron chi connectivity index (χ2n) is 10.1. The van der Waals surface area contributed by atoms with Crippen molar-refractivity contribution in [3.8, 4) is 17.2 Å². The molecule has 8 heteroatoms. The van der Waals surface area contributed by atoms with Gasteiger partial charge in [-0.25, -0.2) is 0 Å². The van der Waals surface area contributed by atoms with E-state index in [4.69, 9.17) is 14.2 Å². The smallest absolute Gasteiger partial charge is 0.309 e. The van der Waals surface area contributed by atoms with Crippen molar-refractivity contribution >= 4 is 11.9 Å². The molecule has 2 aromatic rings. The lowest BCUT2D eigenvalue weighted by molar-refractivity contribution is -0.145. The predicted octanol–water partition coefficient (Wildman–Crippen LogP) is 5.08. The molecule has 0 saturated carbocycles. The highest BCUT2D eigenvalue weighted by atomic mass is 16.7. The molecule has 0 unspecified atom stereocenters. The molecule has 1 amide bonds. The van der Waals surface area contributed by atoms with Gasteiger partial charge in [-0.05, 0) is 54.7 Å². The van der Waals surface area contributed by atoms with Gasteiger partial charge in [0.15, 0.2) is 11.5 Å². The third-order valence-corrected chi connectivity index (χ3v) is 7.65. The van der Waals surface area contributed by atoms with Gasteiger partial charge in [0, 0.05) is 31.6 Å². The molecule has 1 fully saturated rings. The van der Waals surface area contributed by atoms with Gasteiger partial charge in [0.05, 0.1) is 19.1 Å². The van der Waals surface area contributed by atoms with Crippen LogP contribution in [-0.4, -0.2) is 66.4 Å². The van der Waals surface area contributed by atoms with Crippen LogP contribution in [0, 0.1) is 5.92 Å². The number of benzene rings is 2. The SMILES string of the molecule is CCC[C@H](C(=O)N(CCC)CCC)N1C[C@@H](c2ccc3c(c2)OCO3)[C@H](C(=O)O)[C@H]1c1ccc(OC)cc1. The summed E-state index contributed by atoms with van der Waals surface area (Å²) in [6.07, 6.45) is 3.24. The molecule has 2 aromatic carbocycles. The molecule has 0 aliphatic carbocycles. The van der Waals surface area contributed by atoms with Gasteiger partial charge in [0.25, 0.3) is 0 Å². The fourth-order valence-electron chi connectivity index (χ4n) is 5.95. The van der Waals surface area contributed by atoms with E-state index in [9.17, 15) is 14.7 Å². The minimum Gasteiger partial charge on any atom is -0.497 e. The van der Waals surface area contributed by atoms with Crippen molar-refractivity contribution in [2.75, 3.05) is 33.5 Å². The van der Waals surface area contributed by atoms with E-state index in [0.29, 0.717) is 43.3 Å². The average molecular weight is 525 g/mol. The highest BCUT2D eigenvalue weighted by Gasteiger charge is 2.51. The van der Waals surface area contributed by atoms with E-state index < -0.39 is 24.0 Å². The second kappa shape index (κ2) is 12.5. The number of carbonyl (C=O) groups is 2. The fraction of sp³-hybridized carbons (Fsp3) is 0.533. The Morgan fingerprint density at radius 2 is 1.66 bits per heavy atom. The third kappa shape index (κ3) is 5.60. The van der Waals surface area contributed by atoms with Crippen molar-refractivity contribution in [1.29, 1.82) is 0 Å². The molecular weight excluding hydrogens is 484 g/mol. The van der Waals surface area contributed by atoms with Crippen molar-refractivity contribution in [3.63, 3.8) is 0 Å². The number of nitrogens with zero attached hydrogens (tertiary/aromatic N) is 2. The van der Waals surface area contributed by atoms with E-state index in [1.807, 2.05) is 47.4 Å². The summed E-state index contributed by atoms with van der Waals surface area (Å²) in [4.78, 5) is 31.1. The van der Waals surface area contributed by atoms with Gasteiger partial charge in [-0.1, -0.05) is 45.4 Å². The van der Waals surface area contributed by atoms with Crippen LogP contribution >= 0.6 is 0 Å². The quantitative estimate of drug-likeness (QED) is 0.414. The summed E-state index contributed by atoms with van der Waals surface area (Å²) in [6.45, 7) is 8.24. The second-order valence-corrected chi connectivity index (χ2v) is 10.1. The molecule has 0 bridgehead atoms. The first-order valence-corrected chi connectivity index (χ1v) is 13.7. The lowest BCUT2D eigenvalue weighted by Gasteiger charge is -2.36. The molecule has 8 nitrogen and oxygen atoms in total. The average Bonchev–Trinajstić information content (AvgIpc) is 3.56. The molecule has 4 atom stereocenters. The molecule has 206 valence electrons. The Labute approximate surface area is 225 Å². The zero-order chi connectivity index (χ0) is 27.2. The number of carboxylic acid groups (broad SMARTS) is 1. The predicted molar refractivity (Wildman–Crippen MR) is 145 cm³/mol. The lowest BCUT2D eigenvalue weighted by atomic mass is 9.82. The number of hydrogen-bond acceptors (Lipinski definition) is 6. The number of fused-ring (bicyclic) bond motifs is 1. The van der Waals surface area contributed by atoms with Crippen molar-refractivity contribution in [2.45, 2.75) is 64.5 Å². The van der Waals surface area contributed by atoms with E-state index >= 15 is 0 Å². The first-order chi connectivity index (χ1) is 18.4. The normalized spacial score (nSPS) is 21.3. The van der Waals surface area contributed by atoms with Gasteiger partial charge in [-0.3, -0.25) is 14.5 Å². The van der Waals surface area contributed by atoms with Crippen LogP contribution in [0.5, 0.6) is 17.2 Å². The van der Waals surface area contributed by atoms with Crippen LogP contribution in [0.4, 0.5) is 0 Å². The molecule has 0 aromatic heterocycles. The van der Waals surface area contributed by atoms with Crippen LogP contribution in [0.1, 0.15) is 69.5 Å². The Hall–Kier alpha value is -3.26. The molecule has 0 spiro atoms. The molecular formula is C30H40N2O6. The largest absolute Gasteiger partial charge is 0.497 e. The zero-order valence-corrected chi connectivity index (χ0v) is 22.9. The minimum atomic E-state index is -0.877. The summed E-state index contributed by atoms with van der Waals surface area (Å²) >= 11 is 0. The number of hydrogen-bond donors (Lipinski definition) is 1. The minimum absolute atomic E-state index is 0.0875. The Bertz CT molecular complexity index is 1100.